The fourth-order valence-corrected chi connectivity index (χ4v) is 3.89. The van der Waals surface area contributed by atoms with E-state index in [-0.39, 0.29) is 11.5 Å². The minimum Gasteiger partial charge on any atom is -0.418 e. The highest BCUT2D eigenvalue weighted by Crippen LogP contribution is 2.32. The second-order valence-electron chi connectivity index (χ2n) is 7.57. The molecule has 5 rings (SSSR count). The Bertz CT molecular complexity index is 1430. The van der Waals surface area contributed by atoms with Crippen LogP contribution in [-0.2, 0) is 0 Å². The number of hydrogen-bond donors (Lipinski definition) is 1. The second-order valence-corrected chi connectivity index (χ2v) is 7.98. The molecule has 0 saturated carbocycles. The summed E-state index contributed by atoms with van der Waals surface area (Å²) in [5, 5.41) is 16.0. The molecule has 2 aromatic heterocycles. The maximum absolute atomic E-state index is 13.5. The fourth-order valence-electron chi connectivity index (χ4n) is 3.66. The molecule has 0 aliphatic heterocycles. The summed E-state index contributed by atoms with van der Waals surface area (Å²) in [6, 6.07) is 25.3. The summed E-state index contributed by atoms with van der Waals surface area (Å²) in [6.45, 7) is 1.68. The van der Waals surface area contributed by atoms with Crippen molar-refractivity contribution in [1.82, 2.24) is 20.7 Å². The van der Waals surface area contributed by atoms with Gasteiger partial charge in [0.05, 0.1) is 5.02 Å². The summed E-state index contributed by atoms with van der Waals surface area (Å²) in [4.78, 5) is 13.5. The summed E-state index contributed by atoms with van der Waals surface area (Å²) in [6.07, 6.45) is 0. The van der Waals surface area contributed by atoms with Crippen LogP contribution in [0.2, 0.25) is 5.02 Å². The van der Waals surface area contributed by atoms with Gasteiger partial charge in [0.2, 0.25) is 11.8 Å². The third-order valence-electron chi connectivity index (χ3n) is 5.34. The molecule has 0 aliphatic carbocycles. The molecule has 7 nitrogen and oxygen atoms in total. The summed E-state index contributed by atoms with van der Waals surface area (Å²) in [5.41, 5.74) is 2.83. The summed E-state index contributed by atoms with van der Waals surface area (Å²) in [5.74, 6) is 0.590. The molecule has 168 valence electrons. The Morgan fingerprint density at radius 2 is 1.59 bits per heavy atom. The topological polar surface area (TPSA) is 94.1 Å². The Morgan fingerprint density at radius 3 is 2.32 bits per heavy atom. The van der Waals surface area contributed by atoms with Gasteiger partial charge in [-0.2, -0.15) is 0 Å². The maximum Gasteiger partial charge on any atom is 0.258 e. The van der Waals surface area contributed by atoms with Gasteiger partial charge in [0.25, 0.3) is 5.91 Å². The molecule has 8 heteroatoms. The number of hydrogen-bond acceptors (Lipinski definition) is 6. The molecule has 0 radical (unpaired) electrons. The lowest BCUT2D eigenvalue weighted by Crippen LogP contribution is -2.30. The SMILES string of the molecule is Cc1onc(-c2ccccc2Cl)c1C(=O)NC(c1ccccc1)c1nnc(-c2ccccc2)o1. The van der Waals surface area contributed by atoms with Crippen molar-refractivity contribution in [1.29, 1.82) is 0 Å². The van der Waals surface area contributed by atoms with E-state index in [1.807, 2.05) is 72.8 Å². The Balaban J connectivity index is 1.52. The third kappa shape index (κ3) is 4.21. The van der Waals surface area contributed by atoms with Gasteiger partial charge in [-0.3, -0.25) is 4.79 Å². The van der Waals surface area contributed by atoms with Crippen molar-refractivity contribution in [3.8, 4) is 22.7 Å². The van der Waals surface area contributed by atoms with Crippen LogP contribution in [0.25, 0.3) is 22.7 Å². The second kappa shape index (κ2) is 9.33. The lowest BCUT2D eigenvalue weighted by Gasteiger charge is -2.16. The van der Waals surface area contributed by atoms with Gasteiger partial charge in [-0.05, 0) is 30.7 Å². The van der Waals surface area contributed by atoms with Crippen LogP contribution in [-0.4, -0.2) is 21.3 Å². The van der Waals surface area contributed by atoms with Crippen LogP contribution < -0.4 is 5.32 Å². The third-order valence-corrected chi connectivity index (χ3v) is 5.67. The number of carbonyl (C=O) groups excluding carboxylic acids is 1. The van der Waals surface area contributed by atoms with E-state index in [1.54, 1.807) is 19.1 Å². The van der Waals surface area contributed by atoms with Gasteiger partial charge in [0, 0.05) is 11.1 Å². The number of halogens is 1. The molecule has 5 aromatic rings. The average molecular weight is 471 g/mol. The number of aryl methyl sites for hydroxylation is 1. The minimum atomic E-state index is -0.688. The first kappa shape index (κ1) is 21.6. The van der Waals surface area contributed by atoms with Crippen molar-refractivity contribution in [2.24, 2.45) is 0 Å². The van der Waals surface area contributed by atoms with Crippen LogP contribution in [0.3, 0.4) is 0 Å². The van der Waals surface area contributed by atoms with Crippen LogP contribution in [0.15, 0.2) is 93.9 Å². The zero-order valence-corrected chi connectivity index (χ0v) is 18.9. The smallest absolute Gasteiger partial charge is 0.258 e. The zero-order chi connectivity index (χ0) is 23.5. The van der Waals surface area contributed by atoms with E-state index < -0.39 is 11.9 Å². The molecule has 0 spiro atoms. The zero-order valence-electron chi connectivity index (χ0n) is 18.1. The van der Waals surface area contributed by atoms with Crippen LogP contribution in [0.1, 0.15) is 33.6 Å². The Kier molecular flexibility index (Phi) is 5.93. The standard InChI is InChI=1S/C26H19ClN4O3/c1-16-21(23(31-34-16)19-14-8-9-15-20(19)27)24(32)28-22(17-10-4-2-5-11-17)26-30-29-25(33-26)18-12-6-3-7-13-18/h2-15,22H,1H3,(H,28,32). The van der Waals surface area contributed by atoms with Crippen LogP contribution >= 0.6 is 11.6 Å². The van der Waals surface area contributed by atoms with E-state index >= 15 is 0 Å². The van der Waals surface area contributed by atoms with Crippen molar-refractivity contribution < 1.29 is 13.7 Å². The van der Waals surface area contributed by atoms with Crippen molar-refractivity contribution >= 4 is 17.5 Å². The molecular formula is C26H19ClN4O3. The Labute approximate surface area is 200 Å². The lowest BCUT2D eigenvalue weighted by atomic mass is 10.0. The summed E-state index contributed by atoms with van der Waals surface area (Å²) in [7, 11) is 0. The Hall–Kier alpha value is -4.23. The summed E-state index contributed by atoms with van der Waals surface area (Å²) >= 11 is 6.36. The monoisotopic (exact) mass is 470 g/mol. The van der Waals surface area contributed by atoms with Gasteiger partial charge in [0.15, 0.2) is 0 Å². The van der Waals surface area contributed by atoms with Gasteiger partial charge in [0.1, 0.15) is 23.1 Å². The quantitative estimate of drug-likeness (QED) is 0.333. The Morgan fingerprint density at radius 1 is 0.912 bits per heavy atom. The van der Waals surface area contributed by atoms with E-state index in [0.717, 1.165) is 11.1 Å². The molecule has 0 fully saturated rings. The van der Waals surface area contributed by atoms with Gasteiger partial charge in [-0.15, -0.1) is 10.2 Å². The number of benzene rings is 3. The number of aromatic nitrogens is 3. The lowest BCUT2D eigenvalue weighted by molar-refractivity contribution is 0.0937. The van der Waals surface area contributed by atoms with E-state index in [1.165, 1.54) is 0 Å². The molecule has 1 amide bonds. The van der Waals surface area contributed by atoms with E-state index in [4.69, 9.17) is 20.5 Å². The highest BCUT2D eigenvalue weighted by atomic mass is 35.5. The first-order valence-electron chi connectivity index (χ1n) is 10.6. The van der Waals surface area contributed by atoms with Gasteiger partial charge in [-0.25, -0.2) is 0 Å². The first-order chi connectivity index (χ1) is 16.6. The molecule has 1 atom stereocenters. The number of nitrogens with zero attached hydrogens (tertiary/aromatic N) is 3. The molecule has 34 heavy (non-hydrogen) atoms. The highest BCUT2D eigenvalue weighted by Gasteiger charge is 2.28. The first-order valence-corrected chi connectivity index (χ1v) is 11.0. The molecule has 0 aliphatic rings. The largest absolute Gasteiger partial charge is 0.418 e. The molecule has 0 bridgehead atoms. The van der Waals surface area contributed by atoms with Crippen molar-refractivity contribution in [2.75, 3.05) is 0 Å². The van der Waals surface area contributed by atoms with Crippen LogP contribution in [0, 0.1) is 6.92 Å². The van der Waals surface area contributed by atoms with Crippen LogP contribution in [0.5, 0.6) is 0 Å². The van der Waals surface area contributed by atoms with Gasteiger partial charge in [-0.1, -0.05) is 83.5 Å². The molecule has 2 heterocycles. The van der Waals surface area contributed by atoms with E-state index in [9.17, 15) is 4.79 Å². The van der Waals surface area contributed by atoms with Crippen molar-refractivity contribution in [2.45, 2.75) is 13.0 Å². The van der Waals surface area contributed by atoms with Gasteiger partial charge < -0.3 is 14.3 Å². The molecule has 0 saturated heterocycles. The van der Waals surface area contributed by atoms with E-state index in [0.29, 0.717) is 27.9 Å². The van der Waals surface area contributed by atoms with Crippen LogP contribution in [0.4, 0.5) is 0 Å². The van der Waals surface area contributed by atoms with E-state index in [2.05, 4.69) is 20.7 Å². The molecule has 1 N–H and O–H groups in total. The fraction of sp³-hybridized carbons (Fsp3) is 0.0769. The number of amides is 1. The maximum atomic E-state index is 13.5. The molecule has 3 aromatic carbocycles. The van der Waals surface area contributed by atoms with Crippen molar-refractivity contribution in [3.63, 3.8) is 0 Å². The normalized spacial score (nSPS) is 11.8. The predicted molar refractivity (Wildman–Crippen MR) is 127 cm³/mol. The van der Waals surface area contributed by atoms with Crippen molar-refractivity contribution in [3.05, 3.63) is 113 Å². The highest BCUT2D eigenvalue weighted by molar-refractivity contribution is 6.33. The number of nitrogens with one attached hydrogen (secondary N) is 1. The van der Waals surface area contributed by atoms with Gasteiger partial charge >= 0.3 is 0 Å². The molecular weight excluding hydrogens is 452 g/mol. The average Bonchev–Trinajstić information content (AvgIpc) is 3.51. The number of rotatable bonds is 6. The number of carbonyl (C=O) groups is 1. The predicted octanol–water partition coefficient (Wildman–Crippen LogP) is 5.87. The molecule has 1 unspecified atom stereocenters. The minimum absolute atomic E-state index is 0.256. The summed E-state index contributed by atoms with van der Waals surface area (Å²) < 4.78 is 11.3.